The van der Waals surface area contributed by atoms with Gasteiger partial charge in [-0.15, -0.1) is 0 Å². The lowest BCUT2D eigenvalue weighted by Gasteiger charge is -2.08. The first-order chi connectivity index (χ1) is 9.88. The fraction of sp³-hybridized carbons (Fsp3) is 0.0526. The van der Waals surface area contributed by atoms with Crippen molar-refractivity contribution in [3.05, 3.63) is 77.9 Å². The molecule has 0 atom stereocenters. The lowest BCUT2D eigenvalue weighted by Crippen LogP contribution is -1.88. The van der Waals surface area contributed by atoms with Gasteiger partial charge in [0.1, 0.15) is 5.75 Å². The van der Waals surface area contributed by atoms with Crippen molar-refractivity contribution in [2.45, 2.75) is 0 Å². The van der Waals surface area contributed by atoms with Crippen LogP contribution in [0.15, 0.2) is 66.7 Å². The number of methoxy groups -OCH3 is 1. The van der Waals surface area contributed by atoms with E-state index in [-0.39, 0.29) is 0 Å². The first-order valence-electron chi connectivity index (χ1n) is 6.67. The Labute approximate surface area is 119 Å². The first kappa shape index (κ1) is 12.5. The molecule has 0 fully saturated rings. The molecule has 3 aromatic rings. The van der Waals surface area contributed by atoms with Gasteiger partial charge in [-0.2, -0.15) is 0 Å². The largest absolute Gasteiger partial charge is 0.496 e. The van der Waals surface area contributed by atoms with Crippen LogP contribution in [-0.2, 0) is 0 Å². The molecule has 0 radical (unpaired) electrons. The van der Waals surface area contributed by atoms with Gasteiger partial charge in [-0.05, 0) is 22.4 Å². The minimum Gasteiger partial charge on any atom is -0.496 e. The van der Waals surface area contributed by atoms with Crippen LogP contribution in [0.3, 0.4) is 0 Å². The number of fused-ring (bicyclic) bond motifs is 1. The third kappa shape index (κ3) is 2.43. The summed E-state index contributed by atoms with van der Waals surface area (Å²) < 4.78 is 5.49. The van der Waals surface area contributed by atoms with Crippen LogP contribution in [0.4, 0.5) is 0 Å². The lowest BCUT2D eigenvalue weighted by molar-refractivity contribution is 0.414. The fourth-order valence-electron chi connectivity index (χ4n) is 2.37. The second-order valence-corrected chi connectivity index (χ2v) is 4.65. The van der Waals surface area contributed by atoms with Crippen molar-refractivity contribution in [1.82, 2.24) is 0 Å². The van der Waals surface area contributed by atoms with Crippen LogP contribution in [0.1, 0.15) is 11.1 Å². The summed E-state index contributed by atoms with van der Waals surface area (Å²) in [6.07, 6.45) is 4.24. The maximum Gasteiger partial charge on any atom is 0.126 e. The first-order valence-corrected chi connectivity index (χ1v) is 6.67. The van der Waals surface area contributed by atoms with Gasteiger partial charge in [-0.1, -0.05) is 72.8 Å². The van der Waals surface area contributed by atoms with Crippen molar-refractivity contribution in [1.29, 1.82) is 0 Å². The SMILES string of the molecule is COc1ccc2ccccc2c1/C=C/c1ccccc1. The third-order valence-corrected chi connectivity index (χ3v) is 3.39. The Bertz CT molecular complexity index is 742. The molecule has 20 heavy (non-hydrogen) atoms. The van der Waals surface area contributed by atoms with E-state index in [4.69, 9.17) is 4.74 Å². The van der Waals surface area contributed by atoms with Gasteiger partial charge in [0.15, 0.2) is 0 Å². The van der Waals surface area contributed by atoms with Crippen LogP contribution in [0.5, 0.6) is 5.75 Å². The predicted octanol–water partition coefficient (Wildman–Crippen LogP) is 5.02. The summed E-state index contributed by atoms with van der Waals surface area (Å²) in [5.74, 6) is 0.899. The van der Waals surface area contributed by atoms with E-state index in [1.165, 1.54) is 16.3 Å². The number of benzene rings is 3. The molecule has 0 N–H and O–H groups in total. The van der Waals surface area contributed by atoms with Crippen LogP contribution >= 0.6 is 0 Å². The van der Waals surface area contributed by atoms with Crippen LogP contribution in [-0.4, -0.2) is 7.11 Å². The third-order valence-electron chi connectivity index (χ3n) is 3.39. The molecular formula is C19H16O. The zero-order valence-electron chi connectivity index (χ0n) is 11.4. The normalized spacial score (nSPS) is 11.1. The summed E-state index contributed by atoms with van der Waals surface area (Å²) in [4.78, 5) is 0. The Morgan fingerprint density at radius 2 is 1.50 bits per heavy atom. The molecule has 0 saturated carbocycles. The van der Waals surface area contributed by atoms with Crippen molar-refractivity contribution >= 4 is 22.9 Å². The van der Waals surface area contributed by atoms with Crippen molar-refractivity contribution in [3.63, 3.8) is 0 Å². The maximum absolute atomic E-state index is 5.49. The van der Waals surface area contributed by atoms with Gasteiger partial charge in [0.2, 0.25) is 0 Å². The molecule has 98 valence electrons. The number of ether oxygens (including phenoxy) is 1. The number of hydrogen-bond acceptors (Lipinski definition) is 1. The molecule has 0 aliphatic heterocycles. The highest BCUT2D eigenvalue weighted by Crippen LogP contribution is 2.29. The second kappa shape index (κ2) is 5.62. The molecule has 0 unspecified atom stereocenters. The van der Waals surface area contributed by atoms with Gasteiger partial charge in [-0.3, -0.25) is 0 Å². The van der Waals surface area contributed by atoms with Gasteiger partial charge in [0.25, 0.3) is 0 Å². The van der Waals surface area contributed by atoms with Gasteiger partial charge in [-0.25, -0.2) is 0 Å². The molecule has 0 bridgehead atoms. The molecule has 0 spiro atoms. The van der Waals surface area contributed by atoms with Crippen molar-refractivity contribution in [2.75, 3.05) is 7.11 Å². The Morgan fingerprint density at radius 3 is 2.30 bits per heavy atom. The highest BCUT2D eigenvalue weighted by Gasteiger charge is 2.04. The van der Waals surface area contributed by atoms with Gasteiger partial charge >= 0.3 is 0 Å². The van der Waals surface area contributed by atoms with Crippen LogP contribution in [0.2, 0.25) is 0 Å². The quantitative estimate of drug-likeness (QED) is 0.601. The Morgan fingerprint density at radius 1 is 0.750 bits per heavy atom. The monoisotopic (exact) mass is 260 g/mol. The lowest BCUT2D eigenvalue weighted by atomic mass is 10.0. The molecule has 3 rings (SSSR count). The molecule has 0 aliphatic carbocycles. The van der Waals surface area contributed by atoms with E-state index >= 15 is 0 Å². The molecule has 1 heteroatoms. The van der Waals surface area contributed by atoms with Crippen molar-refractivity contribution in [2.24, 2.45) is 0 Å². The van der Waals surface area contributed by atoms with E-state index < -0.39 is 0 Å². The van der Waals surface area contributed by atoms with E-state index in [1.807, 2.05) is 24.3 Å². The van der Waals surface area contributed by atoms with E-state index in [1.54, 1.807) is 7.11 Å². The Hall–Kier alpha value is -2.54. The average Bonchev–Trinajstić information content (AvgIpc) is 2.53. The van der Waals surface area contributed by atoms with Crippen molar-refractivity contribution in [3.8, 4) is 5.75 Å². The van der Waals surface area contributed by atoms with Crippen LogP contribution in [0.25, 0.3) is 22.9 Å². The molecule has 0 aliphatic rings. The molecule has 0 saturated heterocycles. The number of rotatable bonds is 3. The Balaban J connectivity index is 2.12. The summed E-state index contributed by atoms with van der Waals surface area (Å²) in [5, 5.41) is 2.43. The highest BCUT2D eigenvalue weighted by molar-refractivity contribution is 5.95. The number of hydrogen-bond donors (Lipinski definition) is 0. The zero-order chi connectivity index (χ0) is 13.8. The maximum atomic E-state index is 5.49. The van der Waals surface area contributed by atoms with Crippen LogP contribution < -0.4 is 4.74 Å². The summed E-state index contributed by atoms with van der Waals surface area (Å²) in [6, 6.07) is 22.8. The van der Waals surface area contributed by atoms with E-state index in [9.17, 15) is 0 Å². The average molecular weight is 260 g/mol. The molecular weight excluding hydrogens is 244 g/mol. The standard InChI is InChI=1S/C19H16O/c1-20-19-14-12-16-9-5-6-10-17(16)18(19)13-11-15-7-3-2-4-8-15/h2-14H,1H3/b13-11+. The molecule has 1 nitrogen and oxygen atoms in total. The van der Waals surface area contributed by atoms with Gasteiger partial charge < -0.3 is 4.74 Å². The summed E-state index contributed by atoms with van der Waals surface area (Å²) in [5.41, 5.74) is 2.30. The molecule has 0 amide bonds. The van der Waals surface area contributed by atoms with Gasteiger partial charge in [0, 0.05) is 5.56 Å². The topological polar surface area (TPSA) is 9.23 Å². The van der Waals surface area contributed by atoms with E-state index in [0.717, 1.165) is 11.3 Å². The Kier molecular flexibility index (Phi) is 3.51. The van der Waals surface area contributed by atoms with Crippen LogP contribution in [0, 0.1) is 0 Å². The summed E-state index contributed by atoms with van der Waals surface area (Å²) in [6.45, 7) is 0. The van der Waals surface area contributed by atoms with E-state index in [2.05, 4.69) is 54.6 Å². The molecule has 0 aromatic heterocycles. The predicted molar refractivity (Wildman–Crippen MR) is 85.9 cm³/mol. The fourth-order valence-corrected chi connectivity index (χ4v) is 2.37. The molecule has 3 aromatic carbocycles. The molecule has 0 heterocycles. The summed E-state index contributed by atoms with van der Waals surface area (Å²) >= 11 is 0. The highest BCUT2D eigenvalue weighted by atomic mass is 16.5. The zero-order valence-corrected chi connectivity index (χ0v) is 11.4. The van der Waals surface area contributed by atoms with Gasteiger partial charge in [0.05, 0.1) is 7.11 Å². The smallest absolute Gasteiger partial charge is 0.126 e. The second-order valence-electron chi connectivity index (χ2n) is 4.65. The minimum absolute atomic E-state index is 0.899. The summed E-state index contributed by atoms with van der Waals surface area (Å²) in [7, 11) is 1.71. The van der Waals surface area contributed by atoms with E-state index in [0.29, 0.717) is 0 Å². The minimum atomic E-state index is 0.899. The van der Waals surface area contributed by atoms with Crippen molar-refractivity contribution < 1.29 is 4.74 Å².